The van der Waals surface area contributed by atoms with Gasteiger partial charge in [-0.25, -0.2) is 4.79 Å². The van der Waals surface area contributed by atoms with Crippen molar-refractivity contribution in [1.29, 1.82) is 0 Å². The monoisotopic (exact) mass is 369 g/mol. The molecule has 8 heteroatoms. The van der Waals surface area contributed by atoms with E-state index in [1.54, 1.807) is 11.0 Å². The first-order valence-electron chi connectivity index (χ1n) is 8.64. The maximum Gasteiger partial charge on any atom is 0.322 e. The van der Waals surface area contributed by atoms with Crippen molar-refractivity contribution in [1.82, 2.24) is 20.0 Å². The summed E-state index contributed by atoms with van der Waals surface area (Å²) in [5, 5.41) is 10.5. The number of hydrogen-bond acceptors (Lipinski definition) is 6. The van der Waals surface area contributed by atoms with E-state index < -0.39 is 0 Å². The molecular formula is C19H23N5O3. The van der Waals surface area contributed by atoms with Gasteiger partial charge >= 0.3 is 6.03 Å². The molecule has 0 saturated heterocycles. The van der Waals surface area contributed by atoms with Crippen molar-refractivity contribution in [2.75, 3.05) is 32.5 Å². The van der Waals surface area contributed by atoms with E-state index in [9.17, 15) is 4.79 Å². The molecule has 2 heterocycles. The molecule has 142 valence electrons. The molecule has 0 atom stereocenters. The predicted molar refractivity (Wildman–Crippen MR) is 101 cm³/mol. The Kier molecular flexibility index (Phi) is 5.87. The maximum absolute atomic E-state index is 12.8. The lowest BCUT2D eigenvalue weighted by atomic mass is 10.2. The van der Waals surface area contributed by atoms with Gasteiger partial charge < -0.3 is 24.0 Å². The third-order valence-electron chi connectivity index (χ3n) is 3.97. The van der Waals surface area contributed by atoms with Crippen molar-refractivity contribution in [3.8, 4) is 11.5 Å². The number of nitrogens with one attached hydrogen (secondary N) is 1. The molecule has 3 aromatic rings. The highest BCUT2D eigenvalue weighted by molar-refractivity contribution is 5.90. The Bertz CT molecular complexity index is 873. The number of hydrogen-bond donors (Lipinski definition) is 1. The number of likely N-dealkylation sites (N-methyl/N-ethyl adjacent to an activating group) is 1. The minimum Gasteiger partial charge on any atom is -0.464 e. The van der Waals surface area contributed by atoms with E-state index >= 15 is 0 Å². The van der Waals surface area contributed by atoms with E-state index in [2.05, 4.69) is 15.5 Å². The van der Waals surface area contributed by atoms with Crippen molar-refractivity contribution in [2.45, 2.75) is 13.5 Å². The summed E-state index contributed by atoms with van der Waals surface area (Å²) in [7, 11) is 3.95. The number of aryl methyl sites for hydroxylation is 1. The van der Waals surface area contributed by atoms with Gasteiger partial charge in [0.2, 0.25) is 12.3 Å². The summed E-state index contributed by atoms with van der Waals surface area (Å²) in [6.45, 7) is 3.60. The van der Waals surface area contributed by atoms with Gasteiger partial charge in [-0.15, -0.1) is 10.2 Å². The molecule has 1 aromatic carbocycles. The zero-order valence-electron chi connectivity index (χ0n) is 15.7. The summed E-state index contributed by atoms with van der Waals surface area (Å²) in [6.07, 6.45) is 1.27. The second-order valence-corrected chi connectivity index (χ2v) is 6.49. The van der Waals surface area contributed by atoms with Gasteiger partial charge in [0.15, 0.2) is 0 Å². The van der Waals surface area contributed by atoms with Gasteiger partial charge in [-0.1, -0.05) is 6.07 Å². The smallest absolute Gasteiger partial charge is 0.322 e. The standard InChI is InChI=1S/C19H23N5O3/c1-14-7-8-17(27-14)12-24(10-9-23(2)3)19(25)21-16-6-4-5-15(11-16)18-22-20-13-26-18/h4-8,11,13H,9-10,12H2,1-3H3,(H,21,25). The first kappa shape index (κ1) is 18.7. The number of furan rings is 1. The lowest BCUT2D eigenvalue weighted by molar-refractivity contribution is 0.196. The van der Waals surface area contributed by atoms with E-state index in [4.69, 9.17) is 8.83 Å². The molecule has 2 amide bonds. The van der Waals surface area contributed by atoms with Crippen molar-refractivity contribution < 1.29 is 13.6 Å². The van der Waals surface area contributed by atoms with Crippen LogP contribution in [0.3, 0.4) is 0 Å². The Hall–Kier alpha value is -3.13. The lowest BCUT2D eigenvalue weighted by Crippen LogP contribution is -2.38. The minimum absolute atomic E-state index is 0.200. The van der Waals surface area contributed by atoms with Gasteiger partial charge in [-0.2, -0.15) is 0 Å². The van der Waals surface area contributed by atoms with Crippen LogP contribution in [0.4, 0.5) is 10.5 Å². The van der Waals surface area contributed by atoms with Gasteiger partial charge in [0, 0.05) is 24.3 Å². The number of carbonyl (C=O) groups is 1. The summed E-state index contributed by atoms with van der Waals surface area (Å²) in [5.41, 5.74) is 1.40. The van der Waals surface area contributed by atoms with Crippen molar-refractivity contribution in [2.24, 2.45) is 0 Å². The highest BCUT2D eigenvalue weighted by Gasteiger charge is 2.17. The van der Waals surface area contributed by atoms with E-state index in [1.165, 1.54) is 6.39 Å². The molecule has 2 aromatic heterocycles. The van der Waals surface area contributed by atoms with Gasteiger partial charge in [-0.05, 0) is 51.4 Å². The zero-order valence-corrected chi connectivity index (χ0v) is 15.7. The van der Waals surface area contributed by atoms with Crippen LogP contribution in [0.2, 0.25) is 0 Å². The van der Waals surface area contributed by atoms with Crippen LogP contribution in [0.25, 0.3) is 11.5 Å². The van der Waals surface area contributed by atoms with Crippen LogP contribution in [-0.4, -0.2) is 53.2 Å². The number of urea groups is 1. The Balaban J connectivity index is 1.72. The quantitative estimate of drug-likeness (QED) is 0.688. The van der Waals surface area contributed by atoms with Crippen LogP contribution < -0.4 is 5.32 Å². The molecule has 0 fully saturated rings. The average Bonchev–Trinajstić information content (AvgIpc) is 3.30. The molecule has 0 aliphatic rings. The summed E-state index contributed by atoms with van der Waals surface area (Å²) in [6, 6.07) is 10.9. The molecule has 0 aliphatic heterocycles. The van der Waals surface area contributed by atoms with Crippen LogP contribution >= 0.6 is 0 Å². The highest BCUT2D eigenvalue weighted by atomic mass is 16.4. The molecule has 1 N–H and O–H groups in total. The first-order valence-corrected chi connectivity index (χ1v) is 8.64. The summed E-state index contributed by atoms with van der Waals surface area (Å²) >= 11 is 0. The largest absolute Gasteiger partial charge is 0.464 e. The van der Waals surface area contributed by atoms with Crippen LogP contribution in [-0.2, 0) is 6.54 Å². The fraction of sp³-hybridized carbons (Fsp3) is 0.316. The number of benzene rings is 1. The Morgan fingerprint density at radius 1 is 1.19 bits per heavy atom. The minimum atomic E-state index is -0.200. The van der Waals surface area contributed by atoms with E-state index in [1.807, 2.05) is 56.3 Å². The number of rotatable bonds is 7. The normalized spacial score (nSPS) is 11.0. The average molecular weight is 369 g/mol. The third-order valence-corrected chi connectivity index (χ3v) is 3.97. The van der Waals surface area contributed by atoms with Gasteiger partial charge in [0.1, 0.15) is 11.5 Å². The first-order chi connectivity index (χ1) is 13.0. The number of nitrogens with zero attached hydrogens (tertiary/aromatic N) is 4. The van der Waals surface area contributed by atoms with E-state index in [0.29, 0.717) is 24.7 Å². The number of aromatic nitrogens is 2. The fourth-order valence-corrected chi connectivity index (χ4v) is 2.56. The SMILES string of the molecule is Cc1ccc(CN(CCN(C)C)C(=O)Nc2cccc(-c3nnco3)c2)o1. The maximum atomic E-state index is 12.8. The Labute approximate surface area is 157 Å². The molecule has 3 rings (SSSR count). The summed E-state index contributed by atoms with van der Waals surface area (Å²) < 4.78 is 10.8. The number of amides is 2. The topological polar surface area (TPSA) is 87.6 Å². The van der Waals surface area contributed by atoms with Crippen LogP contribution in [0, 0.1) is 6.92 Å². The molecule has 0 aliphatic carbocycles. The van der Waals surface area contributed by atoms with Crippen LogP contribution in [0.1, 0.15) is 11.5 Å². The highest BCUT2D eigenvalue weighted by Crippen LogP contribution is 2.21. The van der Waals surface area contributed by atoms with Crippen molar-refractivity contribution in [3.63, 3.8) is 0 Å². The Morgan fingerprint density at radius 2 is 2.04 bits per heavy atom. The number of anilines is 1. The molecule has 0 spiro atoms. The summed E-state index contributed by atoms with van der Waals surface area (Å²) in [4.78, 5) is 16.6. The predicted octanol–water partition coefficient (Wildman–Crippen LogP) is 3.23. The molecule has 0 saturated carbocycles. The molecule has 27 heavy (non-hydrogen) atoms. The van der Waals surface area contributed by atoms with Gasteiger partial charge in [-0.3, -0.25) is 0 Å². The summed E-state index contributed by atoms with van der Waals surface area (Å²) in [5.74, 6) is 1.98. The van der Waals surface area contributed by atoms with Crippen LogP contribution in [0.15, 0.2) is 51.6 Å². The second kappa shape index (κ2) is 8.50. The van der Waals surface area contributed by atoms with Crippen molar-refractivity contribution in [3.05, 3.63) is 54.3 Å². The molecular weight excluding hydrogens is 346 g/mol. The third kappa shape index (κ3) is 5.18. The van der Waals surface area contributed by atoms with Gasteiger partial charge in [0.25, 0.3) is 0 Å². The van der Waals surface area contributed by atoms with Gasteiger partial charge in [0.05, 0.1) is 6.54 Å². The zero-order chi connectivity index (χ0) is 19.2. The second-order valence-electron chi connectivity index (χ2n) is 6.49. The molecule has 0 unspecified atom stereocenters. The Morgan fingerprint density at radius 3 is 2.70 bits per heavy atom. The van der Waals surface area contributed by atoms with Crippen LogP contribution in [0.5, 0.6) is 0 Å². The van der Waals surface area contributed by atoms with Crippen molar-refractivity contribution >= 4 is 11.7 Å². The molecule has 8 nitrogen and oxygen atoms in total. The molecule has 0 radical (unpaired) electrons. The molecule has 0 bridgehead atoms. The fourth-order valence-electron chi connectivity index (χ4n) is 2.56. The number of carbonyl (C=O) groups excluding carboxylic acids is 1. The lowest BCUT2D eigenvalue weighted by Gasteiger charge is -2.24. The van der Waals surface area contributed by atoms with E-state index in [-0.39, 0.29) is 6.03 Å². The van der Waals surface area contributed by atoms with E-state index in [0.717, 1.165) is 23.6 Å².